The molecule has 2 rings (SSSR count). The normalized spacial score (nSPS) is 10.2. The van der Waals surface area contributed by atoms with Crippen LogP contribution in [-0.2, 0) is 0 Å². The van der Waals surface area contributed by atoms with Crippen LogP contribution in [0.4, 0.5) is 11.4 Å². The van der Waals surface area contributed by atoms with Crippen molar-refractivity contribution in [2.75, 3.05) is 17.2 Å². The molecule has 2 N–H and O–H groups in total. The van der Waals surface area contributed by atoms with Crippen LogP contribution in [0.3, 0.4) is 0 Å². The summed E-state index contributed by atoms with van der Waals surface area (Å²) in [5.74, 6) is 0.353. The number of rotatable bonds is 6. The molecule has 0 atom stereocenters. The van der Waals surface area contributed by atoms with Crippen molar-refractivity contribution < 1.29 is 4.79 Å². The summed E-state index contributed by atoms with van der Waals surface area (Å²) in [6, 6.07) is 12.3. The molecule has 1 amide bonds. The van der Waals surface area contributed by atoms with E-state index in [4.69, 9.17) is 5.26 Å². The summed E-state index contributed by atoms with van der Waals surface area (Å²) in [6.07, 6.45) is 2.68. The second-order valence-electron chi connectivity index (χ2n) is 5.68. The van der Waals surface area contributed by atoms with Crippen molar-refractivity contribution >= 4 is 17.3 Å². The van der Waals surface area contributed by atoms with Crippen molar-refractivity contribution in [2.24, 2.45) is 5.92 Å². The van der Waals surface area contributed by atoms with Crippen LogP contribution in [0.25, 0.3) is 0 Å². The third-order valence-corrected chi connectivity index (χ3v) is 3.32. The van der Waals surface area contributed by atoms with Crippen LogP contribution in [0.2, 0.25) is 0 Å². The molecule has 0 radical (unpaired) electrons. The van der Waals surface area contributed by atoms with Crippen molar-refractivity contribution in [3.05, 3.63) is 53.9 Å². The molecule has 23 heavy (non-hydrogen) atoms. The first-order valence-electron chi connectivity index (χ1n) is 7.60. The van der Waals surface area contributed by atoms with Crippen LogP contribution >= 0.6 is 0 Å². The van der Waals surface area contributed by atoms with Gasteiger partial charge >= 0.3 is 0 Å². The Labute approximate surface area is 136 Å². The van der Waals surface area contributed by atoms with Gasteiger partial charge in [-0.1, -0.05) is 13.8 Å². The SMILES string of the molecule is CC(C)CCNc1ccnc(C(=O)Nc2ccc(C#N)cc2)c1. The molecule has 0 spiro atoms. The summed E-state index contributed by atoms with van der Waals surface area (Å²) in [4.78, 5) is 16.3. The molecule has 1 aromatic carbocycles. The molecule has 0 unspecified atom stereocenters. The van der Waals surface area contributed by atoms with E-state index in [9.17, 15) is 4.79 Å². The van der Waals surface area contributed by atoms with Crippen LogP contribution < -0.4 is 10.6 Å². The molecular formula is C18H20N4O. The van der Waals surface area contributed by atoms with Crippen molar-refractivity contribution in [1.29, 1.82) is 5.26 Å². The Hall–Kier alpha value is -2.87. The van der Waals surface area contributed by atoms with Crippen molar-refractivity contribution in [3.63, 3.8) is 0 Å². The molecule has 1 heterocycles. The van der Waals surface area contributed by atoms with Crippen molar-refractivity contribution in [1.82, 2.24) is 4.98 Å². The van der Waals surface area contributed by atoms with E-state index in [0.29, 0.717) is 22.9 Å². The summed E-state index contributed by atoms with van der Waals surface area (Å²) in [5.41, 5.74) is 2.42. The van der Waals surface area contributed by atoms with E-state index in [1.54, 1.807) is 36.5 Å². The summed E-state index contributed by atoms with van der Waals surface area (Å²) < 4.78 is 0. The quantitative estimate of drug-likeness (QED) is 0.853. The Morgan fingerprint density at radius 2 is 1.96 bits per heavy atom. The molecule has 1 aromatic heterocycles. The summed E-state index contributed by atoms with van der Waals surface area (Å²) >= 11 is 0. The van der Waals surface area contributed by atoms with Gasteiger partial charge in [0.2, 0.25) is 0 Å². The van der Waals surface area contributed by atoms with E-state index in [2.05, 4.69) is 29.5 Å². The number of nitriles is 1. The lowest BCUT2D eigenvalue weighted by atomic mass is 10.1. The number of nitrogens with one attached hydrogen (secondary N) is 2. The molecular weight excluding hydrogens is 288 g/mol. The Morgan fingerprint density at radius 1 is 1.22 bits per heavy atom. The first-order chi connectivity index (χ1) is 11.1. The highest BCUT2D eigenvalue weighted by Crippen LogP contribution is 2.13. The maximum Gasteiger partial charge on any atom is 0.274 e. The highest BCUT2D eigenvalue weighted by molar-refractivity contribution is 6.03. The number of nitrogens with zero attached hydrogens (tertiary/aromatic N) is 2. The molecule has 0 fully saturated rings. The zero-order chi connectivity index (χ0) is 16.7. The standard InChI is InChI=1S/C18H20N4O/c1-13(2)7-9-20-16-8-10-21-17(11-16)18(23)22-15-5-3-14(12-19)4-6-15/h3-6,8,10-11,13H,7,9H2,1-2H3,(H,20,21)(H,22,23). The number of aromatic nitrogens is 1. The van der Waals surface area contributed by atoms with Gasteiger partial charge in [0.25, 0.3) is 5.91 Å². The van der Waals surface area contributed by atoms with E-state index in [1.807, 2.05) is 12.1 Å². The van der Waals surface area contributed by atoms with Crippen LogP contribution in [0.1, 0.15) is 36.3 Å². The lowest BCUT2D eigenvalue weighted by Crippen LogP contribution is -2.14. The molecule has 0 aliphatic carbocycles. The Kier molecular flexibility index (Phi) is 5.70. The fourth-order valence-electron chi connectivity index (χ4n) is 1.99. The number of pyridine rings is 1. The molecule has 5 heteroatoms. The van der Waals surface area contributed by atoms with Crippen LogP contribution in [-0.4, -0.2) is 17.4 Å². The van der Waals surface area contributed by atoms with Gasteiger partial charge < -0.3 is 10.6 Å². The molecule has 118 valence electrons. The van der Waals surface area contributed by atoms with Gasteiger partial charge in [0.1, 0.15) is 5.69 Å². The number of carbonyl (C=O) groups excluding carboxylic acids is 1. The van der Waals surface area contributed by atoms with Crippen LogP contribution in [0.5, 0.6) is 0 Å². The Balaban J connectivity index is 1.99. The highest BCUT2D eigenvalue weighted by atomic mass is 16.1. The number of benzene rings is 1. The highest BCUT2D eigenvalue weighted by Gasteiger charge is 2.08. The maximum atomic E-state index is 12.2. The average Bonchev–Trinajstić information content (AvgIpc) is 2.55. The second kappa shape index (κ2) is 7.95. The minimum absolute atomic E-state index is 0.276. The zero-order valence-corrected chi connectivity index (χ0v) is 13.3. The number of carbonyl (C=O) groups is 1. The monoisotopic (exact) mass is 308 g/mol. The van der Waals surface area contributed by atoms with E-state index < -0.39 is 0 Å². The Morgan fingerprint density at radius 3 is 2.61 bits per heavy atom. The zero-order valence-electron chi connectivity index (χ0n) is 13.3. The number of hydrogen-bond donors (Lipinski definition) is 2. The van der Waals surface area contributed by atoms with Crippen molar-refractivity contribution in [2.45, 2.75) is 20.3 Å². The molecule has 0 saturated heterocycles. The molecule has 0 aliphatic rings. The third kappa shape index (κ3) is 5.11. The third-order valence-electron chi connectivity index (χ3n) is 3.32. The molecule has 2 aromatic rings. The number of hydrogen-bond acceptors (Lipinski definition) is 4. The van der Waals surface area contributed by atoms with Gasteiger partial charge in [0, 0.05) is 24.1 Å². The fourth-order valence-corrected chi connectivity index (χ4v) is 1.99. The minimum atomic E-state index is -0.276. The van der Waals surface area contributed by atoms with Gasteiger partial charge in [-0.05, 0) is 48.7 Å². The fraction of sp³-hybridized carbons (Fsp3) is 0.278. The summed E-state index contributed by atoms with van der Waals surface area (Å²) in [5, 5.41) is 14.8. The summed E-state index contributed by atoms with van der Waals surface area (Å²) in [7, 11) is 0. The van der Waals surface area contributed by atoms with Gasteiger partial charge in [-0.3, -0.25) is 9.78 Å². The van der Waals surface area contributed by atoms with Gasteiger partial charge in [0.05, 0.1) is 11.6 Å². The van der Waals surface area contributed by atoms with E-state index in [0.717, 1.165) is 18.7 Å². The first-order valence-corrected chi connectivity index (χ1v) is 7.60. The van der Waals surface area contributed by atoms with Crippen LogP contribution in [0.15, 0.2) is 42.6 Å². The lowest BCUT2D eigenvalue weighted by Gasteiger charge is -2.09. The lowest BCUT2D eigenvalue weighted by molar-refractivity contribution is 0.102. The van der Waals surface area contributed by atoms with Gasteiger partial charge in [-0.15, -0.1) is 0 Å². The van der Waals surface area contributed by atoms with Crippen molar-refractivity contribution in [3.8, 4) is 6.07 Å². The molecule has 0 saturated carbocycles. The van der Waals surface area contributed by atoms with Gasteiger partial charge in [0.15, 0.2) is 0 Å². The topological polar surface area (TPSA) is 77.8 Å². The Bertz CT molecular complexity index is 702. The maximum absolute atomic E-state index is 12.2. The van der Waals surface area contributed by atoms with Crippen LogP contribution in [0, 0.1) is 17.2 Å². The van der Waals surface area contributed by atoms with Gasteiger partial charge in [-0.2, -0.15) is 5.26 Å². The average molecular weight is 308 g/mol. The molecule has 5 nitrogen and oxygen atoms in total. The number of amides is 1. The smallest absolute Gasteiger partial charge is 0.274 e. The first kappa shape index (κ1) is 16.5. The molecule has 0 bridgehead atoms. The number of anilines is 2. The largest absolute Gasteiger partial charge is 0.385 e. The molecule has 0 aliphatic heterocycles. The van der Waals surface area contributed by atoms with E-state index >= 15 is 0 Å². The second-order valence-corrected chi connectivity index (χ2v) is 5.68. The minimum Gasteiger partial charge on any atom is -0.385 e. The van der Waals surface area contributed by atoms with E-state index in [1.165, 1.54) is 0 Å². The van der Waals surface area contributed by atoms with E-state index in [-0.39, 0.29) is 5.91 Å². The summed E-state index contributed by atoms with van der Waals surface area (Å²) in [6.45, 7) is 5.20. The predicted molar refractivity (Wildman–Crippen MR) is 91.3 cm³/mol. The van der Waals surface area contributed by atoms with Gasteiger partial charge in [-0.25, -0.2) is 0 Å². The predicted octanol–water partition coefficient (Wildman–Crippen LogP) is 3.66.